The minimum Gasteiger partial charge on any atom is -0.335 e. The minimum absolute atomic E-state index is 0.0180. The predicted molar refractivity (Wildman–Crippen MR) is 76.6 cm³/mol. The summed E-state index contributed by atoms with van der Waals surface area (Å²) in [5.74, 6) is -0.0180. The second-order valence-corrected chi connectivity index (χ2v) is 4.50. The Morgan fingerprint density at radius 1 is 1.28 bits per heavy atom. The lowest BCUT2D eigenvalue weighted by atomic mass is 10.1. The zero-order chi connectivity index (χ0) is 13.5. The fraction of sp³-hybridized carbons (Fsp3) is 0.267. The highest BCUT2D eigenvalue weighted by Gasteiger charge is 2.14. The zero-order valence-corrected chi connectivity index (χ0v) is 11.7. The molecular formula is C15H18ClNO. The lowest BCUT2D eigenvalue weighted by Gasteiger charge is -2.24. The molecule has 96 valence electrons. The number of likely N-dealkylation sites (N-methyl/N-ethyl adjacent to an activating group) is 1. The number of carbonyl (C=O) groups excluding carboxylic acids is 1. The van der Waals surface area contributed by atoms with Crippen LogP contribution in [0.25, 0.3) is 0 Å². The van der Waals surface area contributed by atoms with Crippen molar-refractivity contribution in [2.24, 2.45) is 0 Å². The van der Waals surface area contributed by atoms with Crippen molar-refractivity contribution in [2.45, 2.75) is 19.9 Å². The van der Waals surface area contributed by atoms with Crippen molar-refractivity contribution in [1.82, 2.24) is 4.90 Å². The highest BCUT2D eigenvalue weighted by molar-refractivity contribution is 6.30. The predicted octanol–water partition coefficient (Wildman–Crippen LogP) is 3.99. The van der Waals surface area contributed by atoms with Gasteiger partial charge in [0.15, 0.2) is 0 Å². The quantitative estimate of drug-likeness (QED) is 0.594. The van der Waals surface area contributed by atoms with Crippen molar-refractivity contribution in [3.8, 4) is 0 Å². The van der Waals surface area contributed by atoms with Crippen LogP contribution in [0, 0.1) is 0 Å². The summed E-state index contributed by atoms with van der Waals surface area (Å²) in [6, 6.07) is 7.56. The van der Waals surface area contributed by atoms with Crippen LogP contribution in [0.3, 0.4) is 0 Å². The SMILES string of the molecule is C/C=C/C=C/C(=O)N(C)C(C)c1ccc(Cl)cc1. The van der Waals surface area contributed by atoms with Crippen molar-refractivity contribution in [3.05, 3.63) is 59.2 Å². The van der Waals surface area contributed by atoms with E-state index in [1.165, 1.54) is 0 Å². The number of nitrogens with zero attached hydrogens (tertiary/aromatic N) is 1. The topological polar surface area (TPSA) is 20.3 Å². The number of halogens is 1. The first kappa shape index (κ1) is 14.5. The normalized spacial score (nSPS) is 13.1. The molecule has 0 fully saturated rings. The van der Waals surface area contributed by atoms with Gasteiger partial charge in [-0.25, -0.2) is 0 Å². The second kappa shape index (κ2) is 7.02. The van der Waals surface area contributed by atoms with Gasteiger partial charge in [-0.15, -0.1) is 0 Å². The fourth-order valence-corrected chi connectivity index (χ4v) is 1.65. The number of hydrogen-bond donors (Lipinski definition) is 0. The fourth-order valence-electron chi connectivity index (χ4n) is 1.52. The van der Waals surface area contributed by atoms with Crippen LogP contribution in [-0.2, 0) is 4.79 Å². The molecule has 0 saturated heterocycles. The molecule has 1 aromatic rings. The van der Waals surface area contributed by atoms with Crippen LogP contribution in [0.4, 0.5) is 0 Å². The third-order valence-corrected chi connectivity index (χ3v) is 3.08. The molecule has 18 heavy (non-hydrogen) atoms. The van der Waals surface area contributed by atoms with Crippen molar-refractivity contribution in [3.63, 3.8) is 0 Å². The Balaban J connectivity index is 2.74. The molecule has 0 aliphatic heterocycles. The highest BCUT2D eigenvalue weighted by Crippen LogP contribution is 2.20. The van der Waals surface area contributed by atoms with Gasteiger partial charge in [0, 0.05) is 18.1 Å². The Labute approximate surface area is 114 Å². The van der Waals surface area contributed by atoms with Crippen molar-refractivity contribution in [1.29, 1.82) is 0 Å². The molecule has 1 rings (SSSR count). The van der Waals surface area contributed by atoms with E-state index >= 15 is 0 Å². The van der Waals surface area contributed by atoms with Gasteiger partial charge in [0.05, 0.1) is 6.04 Å². The summed E-state index contributed by atoms with van der Waals surface area (Å²) in [4.78, 5) is 13.6. The van der Waals surface area contributed by atoms with E-state index in [9.17, 15) is 4.79 Å². The number of benzene rings is 1. The van der Waals surface area contributed by atoms with E-state index in [0.29, 0.717) is 5.02 Å². The maximum absolute atomic E-state index is 11.9. The summed E-state index contributed by atoms with van der Waals surface area (Å²) in [6.07, 6.45) is 7.02. The lowest BCUT2D eigenvalue weighted by molar-refractivity contribution is -0.126. The molecule has 0 saturated carbocycles. The molecule has 0 spiro atoms. The van der Waals surface area contributed by atoms with Crippen LogP contribution in [0.5, 0.6) is 0 Å². The standard InChI is InChI=1S/C15H18ClNO/c1-4-5-6-7-15(18)17(3)12(2)13-8-10-14(16)11-9-13/h4-12H,1-3H3/b5-4+,7-6+. The summed E-state index contributed by atoms with van der Waals surface area (Å²) in [7, 11) is 1.79. The zero-order valence-electron chi connectivity index (χ0n) is 10.9. The third kappa shape index (κ3) is 4.04. The van der Waals surface area contributed by atoms with Gasteiger partial charge in [0.2, 0.25) is 5.91 Å². The monoisotopic (exact) mass is 263 g/mol. The van der Waals surface area contributed by atoms with Crippen molar-refractivity contribution >= 4 is 17.5 Å². The van der Waals surface area contributed by atoms with E-state index in [2.05, 4.69) is 0 Å². The van der Waals surface area contributed by atoms with Crippen LogP contribution in [0.1, 0.15) is 25.5 Å². The number of allylic oxidation sites excluding steroid dienone is 3. The van der Waals surface area contributed by atoms with Crippen LogP contribution >= 0.6 is 11.6 Å². The molecule has 1 atom stereocenters. The van der Waals surface area contributed by atoms with Gasteiger partial charge in [-0.3, -0.25) is 4.79 Å². The van der Waals surface area contributed by atoms with E-state index in [1.54, 1.807) is 24.1 Å². The molecular weight excluding hydrogens is 246 g/mol. The first-order valence-corrected chi connectivity index (χ1v) is 6.25. The van der Waals surface area contributed by atoms with Gasteiger partial charge in [-0.1, -0.05) is 42.0 Å². The first-order chi connectivity index (χ1) is 8.56. The maximum atomic E-state index is 11.9. The van der Waals surface area contributed by atoms with Crippen molar-refractivity contribution in [2.75, 3.05) is 7.05 Å². The highest BCUT2D eigenvalue weighted by atomic mass is 35.5. The smallest absolute Gasteiger partial charge is 0.246 e. The van der Waals surface area contributed by atoms with Gasteiger partial charge in [-0.2, -0.15) is 0 Å². The summed E-state index contributed by atoms with van der Waals surface area (Å²) in [6.45, 7) is 3.90. The van der Waals surface area contributed by atoms with Crippen LogP contribution < -0.4 is 0 Å². The van der Waals surface area contributed by atoms with Gasteiger partial charge in [-0.05, 0) is 31.5 Å². The molecule has 2 nitrogen and oxygen atoms in total. The summed E-state index contributed by atoms with van der Waals surface area (Å²) in [5.41, 5.74) is 1.06. The maximum Gasteiger partial charge on any atom is 0.246 e. The largest absolute Gasteiger partial charge is 0.335 e. The summed E-state index contributed by atoms with van der Waals surface area (Å²) >= 11 is 5.84. The van der Waals surface area contributed by atoms with E-state index in [4.69, 9.17) is 11.6 Å². The Morgan fingerprint density at radius 2 is 1.89 bits per heavy atom. The Kier molecular flexibility index (Phi) is 5.66. The van der Waals surface area contributed by atoms with Gasteiger partial charge >= 0.3 is 0 Å². The molecule has 0 N–H and O–H groups in total. The van der Waals surface area contributed by atoms with E-state index < -0.39 is 0 Å². The molecule has 3 heteroatoms. The second-order valence-electron chi connectivity index (χ2n) is 4.06. The molecule has 1 unspecified atom stereocenters. The molecule has 0 aliphatic carbocycles. The average molecular weight is 264 g/mol. The minimum atomic E-state index is -0.0180. The number of carbonyl (C=O) groups is 1. The Bertz CT molecular complexity index is 448. The average Bonchev–Trinajstić information content (AvgIpc) is 2.38. The van der Waals surface area contributed by atoms with Crippen LogP contribution in [0.15, 0.2) is 48.6 Å². The third-order valence-electron chi connectivity index (χ3n) is 2.82. The van der Waals surface area contributed by atoms with Crippen LogP contribution in [0.2, 0.25) is 5.02 Å². The first-order valence-electron chi connectivity index (χ1n) is 5.88. The molecule has 1 amide bonds. The number of rotatable bonds is 4. The van der Waals surface area contributed by atoms with Gasteiger partial charge in [0.1, 0.15) is 0 Å². The molecule has 1 aromatic carbocycles. The van der Waals surface area contributed by atoms with Gasteiger partial charge < -0.3 is 4.90 Å². The Morgan fingerprint density at radius 3 is 2.44 bits per heavy atom. The molecule has 0 bridgehead atoms. The van der Waals surface area contributed by atoms with Crippen LogP contribution in [-0.4, -0.2) is 17.9 Å². The number of amides is 1. The molecule has 0 radical (unpaired) electrons. The Hall–Kier alpha value is -1.54. The van der Waals surface area contributed by atoms with E-state index in [0.717, 1.165) is 5.56 Å². The van der Waals surface area contributed by atoms with E-state index in [1.807, 2.05) is 50.3 Å². The molecule has 0 heterocycles. The lowest BCUT2D eigenvalue weighted by Crippen LogP contribution is -2.27. The summed E-state index contributed by atoms with van der Waals surface area (Å²) in [5, 5.41) is 0.702. The van der Waals surface area contributed by atoms with Gasteiger partial charge in [0.25, 0.3) is 0 Å². The molecule has 0 aromatic heterocycles. The molecule has 0 aliphatic rings. The number of hydrogen-bond acceptors (Lipinski definition) is 1. The van der Waals surface area contributed by atoms with E-state index in [-0.39, 0.29) is 11.9 Å². The van der Waals surface area contributed by atoms with Crippen molar-refractivity contribution < 1.29 is 4.79 Å². The summed E-state index contributed by atoms with van der Waals surface area (Å²) < 4.78 is 0.